The first-order chi connectivity index (χ1) is 15.8. The van der Waals surface area contributed by atoms with Crippen molar-refractivity contribution >= 4 is 26.8 Å². The van der Waals surface area contributed by atoms with Gasteiger partial charge >= 0.3 is 0 Å². The minimum absolute atomic E-state index is 0.133. The average molecular weight is 472 g/mol. The van der Waals surface area contributed by atoms with E-state index in [1.54, 1.807) is 30.0 Å². The topological polar surface area (TPSA) is 89.0 Å². The molecule has 8 nitrogen and oxygen atoms in total. The number of aryl methyl sites for hydroxylation is 1. The predicted molar refractivity (Wildman–Crippen MR) is 119 cm³/mol. The highest BCUT2D eigenvalue weighted by molar-refractivity contribution is 7.89. The molecule has 5 rings (SSSR count). The molecule has 1 saturated heterocycles. The lowest BCUT2D eigenvalue weighted by Crippen LogP contribution is -2.50. The molecule has 33 heavy (non-hydrogen) atoms. The fourth-order valence-corrected chi connectivity index (χ4v) is 5.53. The van der Waals surface area contributed by atoms with E-state index in [4.69, 9.17) is 9.47 Å². The summed E-state index contributed by atoms with van der Waals surface area (Å²) in [4.78, 5) is 19.2. The number of amides is 1. The van der Waals surface area contributed by atoms with Crippen LogP contribution in [0.25, 0.3) is 10.9 Å². The van der Waals surface area contributed by atoms with Gasteiger partial charge in [-0.2, -0.15) is 4.31 Å². The first kappa shape index (κ1) is 21.6. The van der Waals surface area contributed by atoms with Crippen molar-refractivity contribution < 1.29 is 27.1 Å². The highest BCUT2D eigenvalue weighted by atomic mass is 32.2. The molecule has 3 aromatic rings. The second-order valence-corrected chi connectivity index (χ2v) is 9.90. The zero-order valence-electron chi connectivity index (χ0n) is 18.0. The molecule has 1 aromatic heterocycles. The van der Waals surface area contributed by atoms with E-state index in [1.807, 2.05) is 0 Å². The maximum absolute atomic E-state index is 13.5. The molecule has 1 amide bonds. The molecule has 10 heteroatoms. The summed E-state index contributed by atoms with van der Waals surface area (Å²) >= 11 is 0. The lowest BCUT2D eigenvalue weighted by molar-refractivity contribution is 0.0697. The van der Waals surface area contributed by atoms with Gasteiger partial charge in [0.05, 0.1) is 21.7 Å². The molecule has 0 radical (unpaired) electrons. The third-order valence-corrected chi connectivity index (χ3v) is 7.77. The van der Waals surface area contributed by atoms with Crippen molar-refractivity contribution in [1.29, 1.82) is 0 Å². The van der Waals surface area contributed by atoms with Crippen LogP contribution >= 0.6 is 0 Å². The number of rotatable bonds is 3. The number of carbonyl (C=O) groups is 1. The van der Waals surface area contributed by atoms with Gasteiger partial charge in [-0.15, -0.1) is 0 Å². The molecule has 3 heterocycles. The minimum atomic E-state index is -3.74. The molecule has 0 bridgehead atoms. The van der Waals surface area contributed by atoms with Gasteiger partial charge in [0, 0.05) is 43.7 Å². The Balaban J connectivity index is 1.31. The summed E-state index contributed by atoms with van der Waals surface area (Å²) in [5.41, 5.74) is 1.42. The maximum Gasteiger partial charge on any atom is 0.255 e. The molecular formula is C23H22FN3O5S. The van der Waals surface area contributed by atoms with E-state index >= 15 is 0 Å². The number of benzene rings is 2. The summed E-state index contributed by atoms with van der Waals surface area (Å²) in [5, 5.41) is 0.671. The summed E-state index contributed by atoms with van der Waals surface area (Å²) in [5.74, 6) is 0.333. The number of aromatic nitrogens is 1. The van der Waals surface area contributed by atoms with Crippen LogP contribution in [-0.2, 0) is 10.0 Å². The van der Waals surface area contributed by atoms with Crippen molar-refractivity contribution in [2.45, 2.75) is 11.8 Å². The van der Waals surface area contributed by atoms with E-state index in [9.17, 15) is 17.6 Å². The van der Waals surface area contributed by atoms with Gasteiger partial charge < -0.3 is 14.4 Å². The van der Waals surface area contributed by atoms with E-state index in [-0.39, 0.29) is 42.8 Å². The summed E-state index contributed by atoms with van der Waals surface area (Å²) < 4.78 is 52.1. The number of ether oxygens (including phenoxy) is 2. The number of hydrogen-bond donors (Lipinski definition) is 0. The molecule has 0 N–H and O–H groups in total. The Kier molecular flexibility index (Phi) is 5.41. The van der Waals surface area contributed by atoms with Crippen molar-refractivity contribution in [3.05, 3.63) is 59.5 Å². The molecule has 0 atom stereocenters. The van der Waals surface area contributed by atoms with Gasteiger partial charge in [0.15, 0.2) is 11.5 Å². The van der Waals surface area contributed by atoms with Crippen molar-refractivity contribution in [1.82, 2.24) is 14.2 Å². The van der Waals surface area contributed by atoms with Crippen LogP contribution in [0.2, 0.25) is 0 Å². The number of piperazine rings is 1. The lowest BCUT2D eigenvalue weighted by Gasteiger charge is -2.34. The molecule has 172 valence electrons. The van der Waals surface area contributed by atoms with Crippen LogP contribution in [0.4, 0.5) is 4.39 Å². The van der Waals surface area contributed by atoms with Gasteiger partial charge in [0.25, 0.3) is 5.91 Å². The van der Waals surface area contributed by atoms with Crippen LogP contribution in [-0.4, -0.2) is 67.9 Å². The Morgan fingerprint density at radius 2 is 1.70 bits per heavy atom. The second kappa shape index (κ2) is 8.27. The Bertz CT molecular complexity index is 1350. The van der Waals surface area contributed by atoms with Crippen LogP contribution in [0.5, 0.6) is 11.5 Å². The third-order valence-electron chi connectivity index (χ3n) is 5.88. The van der Waals surface area contributed by atoms with Crippen molar-refractivity contribution in [3.63, 3.8) is 0 Å². The Morgan fingerprint density at radius 1 is 0.970 bits per heavy atom. The van der Waals surface area contributed by atoms with Crippen molar-refractivity contribution in [2.24, 2.45) is 0 Å². The van der Waals surface area contributed by atoms with Gasteiger partial charge in [0.1, 0.15) is 19.0 Å². The molecule has 0 aliphatic carbocycles. The van der Waals surface area contributed by atoms with Gasteiger partial charge in [-0.25, -0.2) is 12.8 Å². The van der Waals surface area contributed by atoms with Crippen LogP contribution in [0, 0.1) is 12.7 Å². The highest BCUT2D eigenvalue weighted by Gasteiger charge is 2.32. The third kappa shape index (κ3) is 4.00. The van der Waals surface area contributed by atoms with Gasteiger partial charge in [-0.1, -0.05) is 0 Å². The van der Waals surface area contributed by atoms with E-state index in [0.29, 0.717) is 46.9 Å². The highest BCUT2D eigenvalue weighted by Crippen LogP contribution is 2.33. The number of carbonyl (C=O) groups excluding carboxylic acids is 1. The smallest absolute Gasteiger partial charge is 0.255 e. The molecule has 0 spiro atoms. The molecule has 0 unspecified atom stereocenters. The zero-order valence-corrected chi connectivity index (χ0v) is 18.8. The standard InChI is InChI=1S/C23H22FN3O5S/c1-15-19(12-16-2-3-17(24)13-20(16)25-15)23(28)26-6-8-27(9-7-26)33(29,30)18-4-5-21-22(14-18)32-11-10-31-21/h2-5,12-14H,6-11H2,1H3. The van der Waals surface area contributed by atoms with E-state index in [1.165, 1.54) is 28.6 Å². The Morgan fingerprint density at radius 3 is 2.45 bits per heavy atom. The van der Waals surface area contributed by atoms with E-state index in [2.05, 4.69) is 4.98 Å². The fraction of sp³-hybridized carbons (Fsp3) is 0.304. The second-order valence-electron chi connectivity index (χ2n) is 7.96. The van der Waals surface area contributed by atoms with Crippen LogP contribution in [0.3, 0.4) is 0 Å². The largest absolute Gasteiger partial charge is 0.486 e. The molecule has 0 saturated carbocycles. The fourth-order valence-electron chi connectivity index (χ4n) is 4.09. The van der Waals surface area contributed by atoms with Gasteiger partial charge in [-0.3, -0.25) is 9.78 Å². The summed E-state index contributed by atoms with van der Waals surface area (Å²) in [7, 11) is -3.74. The van der Waals surface area contributed by atoms with Crippen LogP contribution in [0.1, 0.15) is 16.1 Å². The Labute approximate surface area is 190 Å². The molecule has 2 aliphatic rings. The zero-order chi connectivity index (χ0) is 23.2. The summed E-state index contributed by atoms with van der Waals surface area (Å²) in [6.45, 7) is 3.36. The van der Waals surface area contributed by atoms with E-state index in [0.717, 1.165) is 0 Å². The number of hydrogen-bond acceptors (Lipinski definition) is 6. The number of halogens is 1. The van der Waals surface area contributed by atoms with Crippen LogP contribution < -0.4 is 9.47 Å². The van der Waals surface area contributed by atoms with E-state index < -0.39 is 10.0 Å². The molecule has 2 aliphatic heterocycles. The minimum Gasteiger partial charge on any atom is -0.486 e. The number of sulfonamides is 1. The summed E-state index contributed by atoms with van der Waals surface area (Å²) in [6, 6.07) is 10.5. The van der Waals surface area contributed by atoms with Crippen LogP contribution in [0.15, 0.2) is 47.4 Å². The summed E-state index contributed by atoms with van der Waals surface area (Å²) in [6.07, 6.45) is 0. The Hall–Kier alpha value is -3.24. The molecular weight excluding hydrogens is 449 g/mol. The predicted octanol–water partition coefficient (Wildman–Crippen LogP) is 2.60. The van der Waals surface area contributed by atoms with Crippen molar-refractivity contribution in [2.75, 3.05) is 39.4 Å². The lowest BCUT2D eigenvalue weighted by atomic mass is 10.1. The molecule has 2 aromatic carbocycles. The SMILES string of the molecule is Cc1nc2cc(F)ccc2cc1C(=O)N1CCN(S(=O)(=O)c2ccc3c(c2)OCCO3)CC1. The number of nitrogens with zero attached hydrogens (tertiary/aromatic N) is 3. The quantitative estimate of drug-likeness (QED) is 0.584. The maximum atomic E-state index is 13.5. The van der Waals surface area contributed by atoms with Gasteiger partial charge in [-0.05, 0) is 37.3 Å². The normalized spacial score (nSPS) is 16.7. The monoisotopic (exact) mass is 471 g/mol. The number of pyridine rings is 1. The first-order valence-electron chi connectivity index (χ1n) is 10.6. The first-order valence-corrected chi connectivity index (χ1v) is 12.0. The number of fused-ring (bicyclic) bond motifs is 2. The molecule has 1 fully saturated rings. The van der Waals surface area contributed by atoms with Crippen molar-refractivity contribution in [3.8, 4) is 11.5 Å². The average Bonchev–Trinajstić information content (AvgIpc) is 2.83. The van der Waals surface area contributed by atoms with Gasteiger partial charge in [0.2, 0.25) is 10.0 Å².